The average molecular weight is 899 g/mol. The minimum Gasteiger partial charge on any atom is -0.496 e. The van der Waals surface area contributed by atoms with Crippen molar-refractivity contribution in [3.63, 3.8) is 0 Å². The molecular weight excluding hydrogens is 847 g/mol. The first-order valence-electron chi connectivity index (χ1n) is 21.1. The third-order valence-corrected chi connectivity index (χ3v) is 13.4. The number of aryl methyl sites for hydroxylation is 1. The largest absolute Gasteiger partial charge is 0.496 e. The second-order valence-corrected chi connectivity index (χ2v) is 19.7. The molecule has 63 heavy (non-hydrogen) atoms. The van der Waals surface area contributed by atoms with E-state index in [4.69, 9.17) is 30.8 Å². The van der Waals surface area contributed by atoms with E-state index in [1.165, 1.54) is 0 Å². The van der Waals surface area contributed by atoms with Gasteiger partial charge in [-0.2, -0.15) is 0 Å². The van der Waals surface area contributed by atoms with Crippen LogP contribution in [0, 0.1) is 0 Å². The van der Waals surface area contributed by atoms with Crippen molar-refractivity contribution in [3.8, 4) is 5.75 Å². The summed E-state index contributed by atoms with van der Waals surface area (Å²) in [5.74, 6) is -0.745. The van der Waals surface area contributed by atoms with Gasteiger partial charge in [0.1, 0.15) is 24.8 Å². The summed E-state index contributed by atoms with van der Waals surface area (Å²) in [4.78, 5) is 77.8. The van der Waals surface area contributed by atoms with Gasteiger partial charge in [0, 0.05) is 80.9 Å². The second kappa shape index (κ2) is 20.4. The first kappa shape index (κ1) is 45.6. The van der Waals surface area contributed by atoms with Gasteiger partial charge in [-0.15, -0.1) is 0 Å². The van der Waals surface area contributed by atoms with Crippen molar-refractivity contribution in [2.75, 3.05) is 77.9 Å². The number of carbonyl (C=O) groups excluding carboxylic acids is 5. The number of hydrogen-bond acceptors (Lipinski definition) is 12. The van der Waals surface area contributed by atoms with Gasteiger partial charge in [-0.05, 0) is 55.9 Å². The van der Waals surface area contributed by atoms with Crippen LogP contribution in [-0.4, -0.2) is 128 Å². The maximum absolute atomic E-state index is 13.3. The lowest BCUT2D eigenvalue weighted by atomic mass is 9.99. The Kier molecular flexibility index (Phi) is 14.7. The quantitative estimate of drug-likeness (QED) is 0.0831. The number of benzene rings is 3. The van der Waals surface area contributed by atoms with Crippen molar-refractivity contribution in [3.05, 3.63) is 111 Å². The lowest BCUT2D eigenvalue weighted by Gasteiger charge is -2.36. The Morgan fingerprint density at radius 3 is 2.37 bits per heavy atom. The topological polar surface area (TPSA) is 178 Å². The molecule has 0 radical (unpaired) electrons. The molecule has 3 aromatic carbocycles. The molecule has 7 rings (SSSR count). The number of piperazine rings is 1. The van der Waals surface area contributed by atoms with Crippen LogP contribution in [0.2, 0.25) is 5.02 Å². The van der Waals surface area contributed by atoms with Gasteiger partial charge in [-0.3, -0.25) is 34.2 Å². The summed E-state index contributed by atoms with van der Waals surface area (Å²) in [5, 5.41) is 3.49. The first-order valence-corrected chi connectivity index (χ1v) is 24.1. The standard InChI is InChI=1S/C46H52ClN6O9P/c1-60-38-28-33(14-13-31(38)27-40-48-29-35(47)36(49-40)26-32-8-4-5-12-39(32)63(2,3)59)51-18-20-52(21-19-51)42(55)17-23-62-25-24-61-22-7-10-30-9-6-11-34-43(30)46(58)53(45(34)57)37-15-16-41(54)50-44(37)56/h4-6,8-9,11-14,28-29,37H,7,10,15-27H2,1-3H3,(H,50,54,56). The third kappa shape index (κ3) is 10.8. The summed E-state index contributed by atoms with van der Waals surface area (Å²) in [7, 11) is -0.856. The highest BCUT2D eigenvalue weighted by molar-refractivity contribution is 7.70. The predicted molar refractivity (Wildman–Crippen MR) is 238 cm³/mol. The Balaban J connectivity index is 0.803. The van der Waals surface area contributed by atoms with Crippen molar-refractivity contribution in [2.45, 2.75) is 51.0 Å². The Morgan fingerprint density at radius 2 is 1.62 bits per heavy atom. The number of amides is 5. The van der Waals surface area contributed by atoms with Gasteiger partial charge in [0.2, 0.25) is 17.7 Å². The number of halogens is 1. The number of imide groups is 2. The molecule has 1 aromatic heterocycles. The molecule has 0 aliphatic carbocycles. The van der Waals surface area contributed by atoms with Crippen LogP contribution in [-0.2, 0) is 47.7 Å². The number of rotatable bonds is 18. The lowest BCUT2D eigenvalue weighted by Crippen LogP contribution is -2.54. The fourth-order valence-corrected chi connectivity index (χ4v) is 9.73. The number of carbonyl (C=O) groups is 5. The van der Waals surface area contributed by atoms with Crippen LogP contribution in [0.1, 0.15) is 74.6 Å². The molecule has 3 aliphatic heterocycles. The summed E-state index contributed by atoms with van der Waals surface area (Å²) in [6.45, 7) is 7.39. The molecule has 5 amide bonds. The number of nitrogens with zero attached hydrogens (tertiary/aromatic N) is 5. The third-order valence-electron chi connectivity index (χ3n) is 11.5. The molecule has 17 heteroatoms. The second-order valence-electron chi connectivity index (χ2n) is 16.1. The Labute approximate surface area is 371 Å². The summed E-state index contributed by atoms with van der Waals surface area (Å²) in [6.07, 6.45) is 4.03. The summed E-state index contributed by atoms with van der Waals surface area (Å²) in [6, 6.07) is 17.9. The van der Waals surface area contributed by atoms with Gasteiger partial charge < -0.3 is 28.6 Å². The van der Waals surface area contributed by atoms with Gasteiger partial charge in [-0.1, -0.05) is 54.1 Å². The monoisotopic (exact) mass is 898 g/mol. The van der Waals surface area contributed by atoms with Crippen molar-refractivity contribution in [2.24, 2.45) is 0 Å². The van der Waals surface area contributed by atoms with E-state index in [1.807, 2.05) is 47.4 Å². The first-order chi connectivity index (χ1) is 30.3. The number of fused-ring (bicyclic) bond motifs is 1. The van der Waals surface area contributed by atoms with Crippen molar-refractivity contribution >= 4 is 59.3 Å². The van der Waals surface area contributed by atoms with Crippen molar-refractivity contribution in [1.82, 2.24) is 25.1 Å². The van der Waals surface area contributed by atoms with Crippen molar-refractivity contribution < 1.29 is 42.7 Å². The SMILES string of the molecule is COc1cc(N2CCN(C(=O)CCOCCOCCCc3cccc4c3C(=O)N(C3CCC(=O)NC3=O)C4=O)CC2)ccc1Cc1ncc(Cl)c(Cc2ccccc2P(C)(C)=O)n1. The molecule has 2 saturated heterocycles. The zero-order chi connectivity index (χ0) is 44.7. The van der Waals surface area contributed by atoms with E-state index in [0.29, 0.717) is 105 Å². The predicted octanol–water partition coefficient (Wildman–Crippen LogP) is 4.67. The fourth-order valence-electron chi connectivity index (χ4n) is 8.28. The molecule has 4 heterocycles. The molecule has 0 bridgehead atoms. The fraction of sp³-hybridized carbons (Fsp3) is 0.413. The van der Waals surface area contributed by atoms with E-state index in [0.717, 1.165) is 27.0 Å². The number of anilines is 1. The van der Waals surface area contributed by atoms with Crippen LogP contribution < -0.4 is 20.3 Å². The average Bonchev–Trinajstić information content (AvgIpc) is 3.52. The maximum Gasteiger partial charge on any atom is 0.262 e. The van der Waals surface area contributed by atoms with Crippen LogP contribution in [0.5, 0.6) is 5.75 Å². The highest BCUT2D eigenvalue weighted by Crippen LogP contribution is 2.37. The maximum atomic E-state index is 13.3. The van der Waals surface area contributed by atoms with Gasteiger partial charge in [0.25, 0.3) is 11.8 Å². The van der Waals surface area contributed by atoms with Crippen LogP contribution in [0.15, 0.2) is 66.9 Å². The minimum absolute atomic E-state index is 0.0345. The zero-order valence-electron chi connectivity index (χ0n) is 35.8. The highest BCUT2D eigenvalue weighted by Gasteiger charge is 2.45. The summed E-state index contributed by atoms with van der Waals surface area (Å²) < 4.78 is 30.2. The van der Waals surface area contributed by atoms with Gasteiger partial charge >= 0.3 is 0 Å². The van der Waals surface area contributed by atoms with E-state index in [-0.39, 0.29) is 37.3 Å². The van der Waals surface area contributed by atoms with Crippen molar-refractivity contribution in [1.29, 1.82) is 0 Å². The molecule has 3 aliphatic rings. The molecule has 1 atom stereocenters. The normalized spacial score (nSPS) is 16.7. The molecule has 0 saturated carbocycles. The van der Waals surface area contributed by atoms with E-state index < -0.39 is 36.8 Å². The van der Waals surface area contributed by atoms with E-state index >= 15 is 0 Å². The molecule has 1 unspecified atom stereocenters. The molecule has 2 fully saturated rings. The summed E-state index contributed by atoms with van der Waals surface area (Å²) in [5.41, 5.74) is 4.79. The lowest BCUT2D eigenvalue weighted by molar-refractivity contribution is -0.136. The number of ether oxygens (including phenoxy) is 3. The van der Waals surface area contributed by atoms with Crippen LogP contribution >= 0.6 is 18.7 Å². The zero-order valence-corrected chi connectivity index (χ0v) is 37.4. The smallest absolute Gasteiger partial charge is 0.262 e. The molecule has 4 aromatic rings. The van der Waals surface area contributed by atoms with E-state index in [2.05, 4.69) is 15.2 Å². The molecule has 0 spiro atoms. The molecule has 15 nitrogen and oxygen atoms in total. The Hall–Kier alpha value is -5.47. The van der Waals surface area contributed by atoms with Gasteiger partial charge in [0.15, 0.2) is 0 Å². The Bertz CT molecular complexity index is 2430. The van der Waals surface area contributed by atoms with Gasteiger partial charge in [-0.25, -0.2) is 9.97 Å². The van der Waals surface area contributed by atoms with Crippen LogP contribution in [0.3, 0.4) is 0 Å². The molecular formula is C46H52ClN6O9P. The minimum atomic E-state index is -2.50. The summed E-state index contributed by atoms with van der Waals surface area (Å²) >= 11 is 6.54. The number of methoxy groups -OCH3 is 1. The number of hydrogen-bond donors (Lipinski definition) is 1. The number of aromatic nitrogens is 2. The van der Waals surface area contributed by atoms with Crippen LogP contribution in [0.25, 0.3) is 0 Å². The van der Waals surface area contributed by atoms with E-state index in [9.17, 15) is 28.5 Å². The number of nitrogens with one attached hydrogen (secondary N) is 1. The number of piperidine rings is 1. The highest BCUT2D eigenvalue weighted by atomic mass is 35.5. The molecule has 332 valence electrons. The van der Waals surface area contributed by atoms with E-state index in [1.54, 1.807) is 44.8 Å². The van der Waals surface area contributed by atoms with Gasteiger partial charge in [0.05, 0.1) is 55.2 Å². The Morgan fingerprint density at radius 1 is 0.873 bits per heavy atom. The van der Waals surface area contributed by atoms with Crippen LogP contribution in [0.4, 0.5) is 5.69 Å². The molecule has 1 N–H and O–H groups in total.